The molecule has 0 aliphatic carbocycles. The average molecular weight is 478 g/mol. The lowest BCUT2D eigenvalue weighted by Gasteiger charge is -2.38. The second-order valence-electron chi connectivity index (χ2n) is 8.09. The molecule has 1 aliphatic heterocycles. The number of carbonyl (C=O) groups excluding carboxylic acids is 2. The topological polar surface area (TPSA) is 61.9 Å². The molecule has 0 spiro atoms. The Morgan fingerprint density at radius 3 is 2.81 bits per heavy atom. The minimum absolute atomic E-state index is 0.0289. The van der Waals surface area contributed by atoms with Gasteiger partial charge in [-0.1, -0.05) is 18.5 Å². The van der Waals surface area contributed by atoms with Crippen LogP contribution in [0.1, 0.15) is 49.2 Å². The normalized spacial score (nSPS) is 16.3. The zero-order chi connectivity index (χ0) is 23.3. The van der Waals surface area contributed by atoms with Gasteiger partial charge in [0.1, 0.15) is 18.9 Å². The second-order valence-corrected chi connectivity index (χ2v) is 9.50. The van der Waals surface area contributed by atoms with Crippen LogP contribution in [0, 0.1) is 6.92 Å². The van der Waals surface area contributed by atoms with Crippen LogP contribution >= 0.6 is 22.9 Å². The molecule has 2 aromatic rings. The highest BCUT2D eigenvalue weighted by atomic mass is 35.5. The Morgan fingerprint density at radius 1 is 1.34 bits per heavy atom. The second kappa shape index (κ2) is 11.1. The van der Waals surface area contributed by atoms with Gasteiger partial charge in [0.2, 0.25) is 5.91 Å². The molecule has 3 amide bonds. The first kappa shape index (κ1) is 24.4. The average Bonchev–Trinajstić information content (AvgIpc) is 3.26. The summed E-state index contributed by atoms with van der Waals surface area (Å²) in [4.78, 5) is 30.8. The number of benzene rings is 1. The van der Waals surface area contributed by atoms with Gasteiger partial charge in [0.25, 0.3) is 0 Å². The fourth-order valence-corrected chi connectivity index (χ4v) is 4.94. The largest absolute Gasteiger partial charge is 0.491 e. The molecule has 6 nitrogen and oxygen atoms in total. The fraction of sp³-hybridized carbons (Fsp3) is 0.500. The third-order valence-corrected chi connectivity index (χ3v) is 7.39. The molecule has 0 fully saturated rings. The van der Waals surface area contributed by atoms with Gasteiger partial charge in [-0.05, 0) is 74.4 Å². The molecular weight excluding hydrogens is 446 g/mol. The van der Waals surface area contributed by atoms with Crippen LogP contribution in [0.3, 0.4) is 0 Å². The van der Waals surface area contributed by atoms with Crippen LogP contribution in [-0.2, 0) is 11.2 Å². The predicted octanol–water partition coefficient (Wildman–Crippen LogP) is 5.04. The molecule has 1 aromatic carbocycles. The number of hydrogen-bond acceptors (Lipinski definition) is 4. The molecule has 0 saturated heterocycles. The van der Waals surface area contributed by atoms with E-state index in [1.807, 2.05) is 50.8 Å². The highest BCUT2D eigenvalue weighted by Gasteiger charge is 2.34. The van der Waals surface area contributed by atoms with E-state index in [9.17, 15) is 9.59 Å². The van der Waals surface area contributed by atoms with E-state index in [-0.39, 0.29) is 30.6 Å². The summed E-state index contributed by atoms with van der Waals surface area (Å²) in [6.07, 6.45) is 1.60. The number of ether oxygens (including phenoxy) is 1. The monoisotopic (exact) mass is 477 g/mol. The lowest BCUT2D eigenvalue weighted by atomic mass is 10.00. The first-order chi connectivity index (χ1) is 15.3. The van der Waals surface area contributed by atoms with Gasteiger partial charge in [-0.25, -0.2) is 4.79 Å². The quantitative estimate of drug-likeness (QED) is 0.579. The SMILES string of the molecule is CCNC(=O)N(CC(=O)N1CCc2sccc2[C@@H]1COc1ccc(Cl)c(C)c1)[C@H](C)CC. The summed E-state index contributed by atoms with van der Waals surface area (Å²) in [6.45, 7) is 9.35. The molecule has 32 heavy (non-hydrogen) atoms. The molecule has 0 radical (unpaired) electrons. The van der Waals surface area contributed by atoms with E-state index in [2.05, 4.69) is 16.8 Å². The summed E-state index contributed by atoms with van der Waals surface area (Å²) < 4.78 is 6.11. The Bertz CT molecular complexity index is 948. The number of nitrogens with zero attached hydrogens (tertiary/aromatic N) is 2. The molecule has 2 atom stereocenters. The molecule has 0 unspecified atom stereocenters. The molecule has 0 saturated carbocycles. The number of aryl methyl sites for hydroxylation is 1. The number of nitrogens with one attached hydrogen (secondary N) is 1. The van der Waals surface area contributed by atoms with Crippen molar-refractivity contribution in [3.8, 4) is 5.75 Å². The van der Waals surface area contributed by atoms with Gasteiger partial charge in [-0.15, -0.1) is 11.3 Å². The number of fused-ring (bicyclic) bond motifs is 1. The van der Waals surface area contributed by atoms with Crippen LogP contribution in [0.25, 0.3) is 0 Å². The van der Waals surface area contributed by atoms with Crippen molar-refractivity contribution in [1.82, 2.24) is 15.1 Å². The predicted molar refractivity (Wildman–Crippen MR) is 130 cm³/mol. The maximum absolute atomic E-state index is 13.4. The van der Waals surface area contributed by atoms with Gasteiger partial charge in [0.05, 0.1) is 6.04 Å². The van der Waals surface area contributed by atoms with Crippen LogP contribution < -0.4 is 10.1 Å². The number of carbonyl (C=O) groups is 2. The Balaban J connectivity index is 1.78. The number of hydrogen-bond donors (Lipinski definition) is 1. The summed E-state index contributed by atoms with van der Waals surface area (Å²) in [5.74, 6) is 0.666. The third-order valence-electron chi connectivity index (χ3n) is 5.97. The van der Waals surface area contributed by atoms with E-state index >= 15 is 0 Å². The maximum atomic E-state index is 13.4. The highest BCUT2D eigenvalue weighted by molar-refractivity contribution is 7.10. The smallest absolute Gasteiger partial charge is 0.318 e. The van der Waals surface area contributed by atoms with Gasteiger partial charge in [0.15, 0.2) is 0 Å². The molecule has 8 heteroatoms. The summed E-state index contributed by atoms with van der Waals surface area (Å²) in [7, 11) is 0. The minimum atomic E-state index is -0.201. The van der Waals surface area contributed by atoms with Crippen molar-refractivity contribution in [2.24, 2.45) is 0 Å². The molecule has 174 valence electrons. The fourth-order valence-electron chi connectivity index (χ4n) is 3.89. The Morgan fingerprint density at radius 2 is 2.12 bits per heavy atom. The Hall–Kier alpha value is -2.25. The van der Waals surface area contributed by atoms with Crippen LogP contribution in [0.2, 0.25) is 5.02 Å². The lowest BCUT2D eigenvalue weighted by molar-refractivity contribution is -0.135. The number of rotatable bonds is 8. The van der Waals surface area contributed by atoms with Gasteiger partial charge >= 0.3 is 6.03 Å². The minimum Gasteiger partial charge on any atom is -0.491 e. The zero-order valence-corrected chi connectivity index (χ0v) is 20.8. The van der Waals surface area contributed by atoms with Gasteiger partial charge in [-0.2, -0.15) is 0 Å². The van der Waals surface area contributed by atoms with Gasteiger partial charge in [0, 0.05) is 29.0 Å². The van der Waals surface area contributed by atoms with E-state index in [0.29, 0.717) is 24.7 Å². The number of thiophene rings is 1. The van der Waals surface area contributed by atoms with E-state index in [4.69, 9.17) is 16.3 Å². The van der Waals surface area contributed by atoms with Crippen LogP contribution in [0.4, 0.5) is 4.79 Å². The number of amides is 3. The summed E-state index contributed by atoms with van der Waals surface area (Å²) in [6, 6.07) is 7.23. The number of urea groups is 1. The van der Waals surface area contributed by atoms with Crippen molar-refractivity contribution in [3.63, 3.8) is 0 Å². The summed E-state index contributed by atoms with van der Waals surface area (Å²) >= 11 is 7.85. The van der Waals surface area contributed by atoms with Crippen molar-refractivity contribution >= 4 is 34.9 Å². The molecule has 1 aromatic heterocycles. The first-order valence-corrected chi connectivity index (χ1v) is 12.4. The molecule has 3 rings (SSSR count). The Kier molecular flexibility index (Phi) is 8.43. The standard InChI is InChI=1S/C24H32ClN3O3S/c1-5-17(4)28(24(30)26-6-2)14-23(29)27-11-9-22-19(10-12-32-22)21(27)15-31-18-7-8-20(25)16(3)13-18/h7-8,10,12-13,17,21H,5-6,9,11,14-15H2,1-4H3,(H,26,30)/t17-,21+/m1/s1. The van der Waals surface area contributed by atoms with Gasteiger partial charge in [-0.3, -0.25) is 4.79 Å². The molecule has 1 aliphatic rings. The molecule has 2 heterocycles. The summed E-state index contributed by atoms with van der Waals surface area (Å²) in [5, 5.41) is 5.60. The van der Waals surface area contributed by atoms with E-state index in [0.717, 1.165) is 29.7 Å². The third kappa shape index (κ3) is 5.56. The van der Waals surface area contributed by atoms with Gasteiger partial charge < -0.3 is 19.9 Å². The van der Waals surface area contributed by atoms with E-state index in [1.165, 1.54) is 4.88 Å². The van der Waals surface area contributed by atoms with E-state index < -0.39 is 0 Å². The van der Waals surface area contributed by atoms with Crippen LogP contribution in [-0.4, -0.2) is 54.0 Å². The Labute approximate surface area is 199 Å². The lowest BCUT2D eigenvalue weighted by Crippen LogP contribution is -2.52. The maximum Gasteiger partial charge on any atom is 0.318 e. The molecular formula is C24H32ClN3O3S. The van der Waals surface area contributed by atoms with Crippen molar-refractivity contribution in [1.29, 1.82) is 0 Å². The van der Waals surface area contributed by atoms with Crippen molar-refractivity contribution in [2.75, 3.05) is 26.2 Å². The van der Waals surface area contributed by atoms with Crippen LogP contribution in [0.15, 0.2) is 29.6 Å². The number of halogens is 1. The van der Waals surface area contributed by atoms with E-state index in [1.54, 1.807) is 16.2 Å². The van der Waals surface area contributed by atoms with Crippen molar-refractivity contribution in [2.45, 2.75) is 52.6 Å². The zero-order valence-electron chi connectivity index (χ0n) is 19.2. The van der Waals surface area contributed by atoms with Crippen LogP contribution in [0.5, 0.6) is 5.75 Å². The highest BCUT2D eigenvalue weighted by Crippen LogP contribution is 2.34. The first-order valence-electron chi connectivity index (χ1n) is 11.1. The summed E-state index contributed by atoms with van der Waals surface area (Å²) in [5.41, 5.74) is 2.08. The molecule has 1 N–H and O–H groups in total. The molecule has 0 bridgehead atoms. The van der Waals surface area contributed by atoms with Crippen molar-refractivity contribution in [3.05, 3.63) is 50.7 Å². The van der Waals surface area contributed by atoms with Crippen molar-refractivity contribution < 1.29 is 14.3 Å².